The fourth-order valence-electron chi connectivity index (χ4n) is 2.76. The first-order valence-corrected chi connectivity index (χ1v) is 8.12. The molecule has 3 rings (SSSR count). The van der Waals surface area contributed by atoms with Crippen LogP contribution in [0.5, 0.6) is 11.5 Å². The van der Waals surface area contributed by atoms with Gasteiger partial charge in [0, 0.05) is 5.56 Å². The van der Waals surface area contributed by atoms with Gasteiger partial charge in [0.05, 0.1) is 6.04 Å². The summed E-state index contributed by atoms with van der Waals surface area (Å²) in [6.07, 6.45) is 0.818. The Morgan fingerprint density at radius 2 is 1.96 bits per heavy atom. The van der Waals surface area contributed by atoms with Gasteiger partial charge in [-0.25, -0.2) is 0 Å². The Hall–Kier alpha value is -2.53. The van der Waals surface area contributed by atoms with Crippen LogP contribution in [0.3, 0.4) is 0 Å². The van der Waals surface area contributed by atoms with Crippen LogP contribution in [0.4, 0.5) is 0 Å². The molecule has 2 N–H and O–H groups in total. The average Bonchev–Trinajstić information content (AvgIpc) is 3.07. The number of fused-ring (bicyclic) bond motifs is 1. The predicted molar refractivity (Wildman–Crippen MR) is 92.5 cm³/mol. The topological polar surface area (TPSA) is 59.6 Å². The summed E-state index contributed by atoms with van der Waals surface area (Å²) in [7, 11) is 1.91. The van der Waals surface area contributed by atoms with Crippen LogP contribution in [-0.4, -0.2) is 26.3 Å². The highest BCUT2D eigenvalue weighted by Gasteiger charge is 2.18. The van der Waals surface area contributed by atoms with E-state index in [2.05, 4.69) is 10.6 Å². The molecule has 0 aromatic heterocycles. The summed E-state index contributed by atoms with van der Waals surface area (Å²) in [5.41, 5.74) is 2.75. The summed E-state index contributed by atoms with van der Waals surface area (Å²) < 4.78 is 10.7. The van der Waals surface area contributed by atoms with E-state index in [1.54, 1.807) is 0 Å². The summed E-state index contributed by atoms with van der Waals surface area (Å²) in [4.78, 5) is 12.7. The van der Waals surface area contributed by atoms with Gasteiger partial charge < -0.3 is 20.1 Å². The monoisotopic (exact) mass is 326 g/mol. The molecule has 0 aliphatic carbocycles. The summed E-state index contributed by atoms with van der Waals surface area (Å²) in [6, 6.07) is 13.3. The molecule has 0 radical (unpaired) electrons. The van der Waals surface area contributed by atoms with Crippen molar-refractivity contribution in [2.75, 3.05) is 20.4 Å². The molecule has 0 bridgehead atoms. The molecule has 126 valence electrons. The third kappa shape index (κ3) is 3.51. The number of benzene rings is 2. The highest BCUT2D eigenvalue weighted by atomic mass is 16.7. The second-order valence-corrected chi connectivity index (χ2v) is 5.82. The van der Waals surface area contributed by atoms with Gasteiger partial charge >= 0.3 is 0 Å². The molecule has 2 aromatic rings. The van der Waals surface area contributed by atoms with Gasteiger partial charge in [-0.2, -0.15) is 0 Å². The van der Waals surface area contributed by atoms with Crippen LogP contribution in [0.25, 0.3) is 0 Å². The molecule has 1 atom stereocenters. The third-order valence-corrected chi connectivity index (χ3v) is 4.15. The van der Waals surface area contributed by atoms with E-state index in [1.807, 2.05) is 56.4 Å². The Balaban J connectivity index is 1.72. The van der Waals surface area contributed by atoms with E-state index in [9.17, 15) is 4.79 Å². The Morgan fingerprint density at radius 3 is 2.79 bits per heavy atom. The molecule has 0 spiro atoms. The second kappa shape index (κ2) is 7.36. The van der Waals surface area contributed by atoms with Crippen molar-refractivity contribution < 1.29 is 14.3 Å². The van der Waals surface area contributed by atoms with Crippen LogP contribution in [0.2, 0.25) is 0 Å². The normalized spacial score (nSPS) is 13.6. The largest absolute Gasteiger partial charge is 0.454 e. The van der Waals surface area contributed by atoms with Gasteiger partial charge in [-0.3, -0.25) is 4.79 Å². The zero-order valence-electron chi connectivity index (χ0n) is 14.0. The first kappa shape index (κ1) is 16.3. The van der Waals surface area contributed by atoms with Crippen molar-refractivity contribution in [1.29, 1.82) is 0 Å². The number of rotatable bonds is 6. The standard InChI is InChI=1S/C19H22N2O3/c1-13(15-7-8-17-18(11-15)24-12-23-17)21-19(22)16-6-4-3-5-14(16)9-10-20-2/h3-8,11,13,20H,9-10,12H2,1-2H3,(H,21,22). The highest BCUT2D eigenvalue weighted by Crippen LogP contribution is 2.34. The Bertz CT molecular complexity index is 730. The minimum Gasteiger partial charge on any atom is -0.454 e. The number of hydrogen-bond acceptors (Lipinski definition) is 4. The van der Waals surface area contributed by atoms with Crippen LogP contribution in [0, 0.1) is 0 Å². The van der Waals surface area contributed by atoms with Crippen LogP contribution in [0.15, 0.2) is 42.5 Å². The van der Waals surface area contributed by atoms with Crippen molar-refractivity contribution in [1.82, 2.24) is 10.6 Å². The lowest BCUT2D eigenvalue weighted by Crippen LogP contribution is -2.28. The summed E-state index contributed by atoms with van der Waals surface area (Å²) in [5.74, 6) is 1.41. The number of likely N-dealkylation sites (N-methyl/N-ethyl adjacent to an activating group) is 1. The van der Waals surface area contributed by atoms with Crippen molar-refractivity contribution in [3.8, 4) is 11.5 Å². The molecule has 2 aromatic carbocycles. The molecule has 1 amide bonds. The van der Waals surface area contributed by atoms with Gasteiger partial charge in [0.25, 0.3) is 5.91 Å². The fraction of sp³-hybridized carbons (Fsp3) is 0.316. The molecule has 1 heterocycles. The molecule has 1 aliphatic heterocycles. The lowest BCUT2D eigenvalue weighted by atomic mass is 10.0. The predicted octanol–water partition coefficient (Wildman–Crippen LogP) is 2.67. The maximum absolute atomic E-state index is 12.7. The summed E-state index contributed by atoms with van der Waals surface area (Å²) in [6.45, 7) is 3.05. The van der Waals surface area contributed by atoms with Gasteiger partial charge in [-0.1, -0.05) is 24.3 Å². The molecule has 0 fully saturated rings. The average molecular weight is 326 g/mol. The van der Waals surface area contributed by atoms with Crippen molar-refractivity contribution in [3.63, 3.8) is 0 Å². The van der Waals surface area contributed by atoms with E-state index in [4.69, 9.17) is 9.47 Å². The number of ether oxygens (including phenoxy) is 2. The van der Waals surface area contributed by atoms with Crippen LogP contribution in [0.1, 0.15) is 34.5 Å². The summed E-state index contributed by atoms with van der Waals surface area (Å²) in [5, 5.41) is 6.18. The molecule has 0 saturated carbocycles. The second-order valence-electron chi connectivity index (χ2n) is 5.82. The van der Waals surface area contributed by atoms with Gasteiger partial charge in [-0.05, 0) is 56.3 Å². The lowest BCUT2D eigenvalue weighted by Gasteiger charge is -2.16. The number of carbonyl (C=O) groups excluding carboxylic acids is 1. The van der Waals surface area contributed by atoms with E-state index < -0.39 is 0 Å². The van der Waals surface area contributed by atoms with Crippen molar-refractivity contribution in [2.24, 2.45) is 0 Å². The van der Waals surface area contributed by atoms with Crippen LogP contribution >= 0.6 is 0 Å². The fourth-order valence-corrected chi connectivity index (χ4v) is 2.76. The molecule has 5 heteroatoms. The Kier molecular flexibility index (Phi) is 5.01. The van der Waals surface area contributed by atoms with E-state index >= 15 is 0 Å². The van der Waals surface area contributed by atoms with Gasteiger partial charge in [0.2, 0.25) is 6.79 Å². The number of carbonyl (C=O) groups is 1. The minimum atomic E-state index is -0.121. The van der Waals surface area contributed by atoms with Crippen molar-refractivity contribution in [2.45, 2.75) is 19.4 Å². The Labute approximate surface area is 142 Å². The SMILES string of the molecule is CNCCc1ccccc1C(=O)NC(C)c1ccc2c(c1)OCO2. The maximum Gasteiger partial charge on any atom is 0.252 e. The quantitative estimate of drug-likeness (QED) is 0.857. The summed E-state index contributed by atoms with van der Waals surface area (Å²) >= 11 is 0. The van der Waals surface area contributed by atoms with Gasteiger partial charge in [-0.15, -0.1) is 0 Å². The molecule has 0 saturated heterocycles. The number of hydrogen-bond donors (Lipinski definition) is 2. The van der Waals surface area contributed by atoms with E-state index in [0.717, 1.165) is 41.2 Å². The molecule has 24 heavy (non-hydrogen) atoms. The zero-order valence-corrected chi connectivity index (χ0v) is 14.0. The zero-order chi connectivity index (χ0) is 16.9. The van der Waals surface area contributed by atoms with Crippen LogP contribution < -0.4 is 20.1 Å². The van der Waals surface area contributed by atoms with E-state index in [-0.39, 0.29) is 18.7 Å². The molecular weight excluding hydrogens is 304 g/mol. The van der Waals surface area contributed by atoms with Crippen molar-refractivity contribution in [3.05, 3.63) is 59.2 Å². The highest BCUT2D eigenvalue weighted by molar-refractivity contribution is 5.95. The first-order valence-electron chi connectivity index (χ1n) is 8.12. The van der Waals surface area contributed by atoms with Crippen LogP contribution in [-0.2, 0) is 6.42 Å². The lowest BCUT2D eigenvalue weighted by molar-refractivity contribution is 0.0939. The van der Waals surface area contributed by atoms with Gasteiger partial charge in [0.15, 0.2) is 11.5 Å². The molecule has 5 nitrogen and oxygen atoms in total. The maximum atomic E-state index is 12.7. The molecular formula is C19H22N2O3. The smallest absolute Gasteiger partial charge is 0.252 e. The molecule has 1 aliphatic rings. The number of amides is 1. The van der Waals surface area contributed by atoms with E-state index in [0.29, 0.717) is 0 Å². The first-order chi connectivity index (χ1) is 11.7. The minimum absolute atomic E-state index is 0.0631. The third-order valence-electron chi connectivity index (χ3n) is 4.15. The van der Waals surface area contributed by atoms with Crippen molar-refractivity contribution >= 4 is 5.91 Å². The Morgan fingerprint density at radius 1 is 1.17 bits per heavy atom. The van der Waals surface area contributed by atoms with E-state index in [1.165, 1.54) is 0 Å². The number of nitrogens with one attached hydrogen (secondary N) is 2. The molecule has 1 unspecified atom stereocenters. The van der Waals surface area contributed by atoms with Gasteiger partial charge in [0.1, 0.15) is 0 Å².